The fourth-order valence-corrected chi connectivity index (χ4v) is 6.44. The van der Waals surface area contributed by atoms with Crippen LogP contribution in [0, 0.1) is 13.0 Å². The smallest absolute Gasteiger partial charge is 0.128 e. The van der Waals surface area contributed by atoms with Gasteiger partial charge in [-0.25, -0.2) is 0 Å². The van der Waals surface area contributed by atoms with Crippen molar-refractivity contribution >= 4 is 21.8 Å². The minimum atomic E-state index is -0.254. The van der Waals surface area contributed by atoms with Gasteiger partial charge in [-0.1, -0.05) is 125 Å². The molecule has 0 saturated heterocycles. The molecule has 5 nitrogen and oxygen atoms in total. The van der Waals surface area contributed by atoms with E-state index >= 15 is 0 Å². The van der Waals surface area contributed by atoms with E-state index in [2.05, 4.69) is 133 Å². The number of nitrogens with zero attached hydrogens (tertiary/aromatic N) is 4. The van der Waals surface area contributed by atoms with E-state index in [0.29, 0.717) is 0 Å². The molecule has 2 heterocycles. The molecule has 0 fully saturated rings. The van der Waals surface area contributed by atoms with Gasteiger partial charge in [0.25, 0.3) is 0 Å². The number of rotatable bonds is 4. The van der Waals surface area contributed by atoms with Gasteiger partial charge in [0.1, 0.15) is 11.4 Å². The fourth-order valence-electron chi connectivity index (χ4n) is 6.44. The average molecular weight is 813 g/mol. The van der Waals surface area contributed by atoms with Crippen LogP contribution < -0.4 is 0 Å². The van der Waals surface area contributed by atoms with Gasteiger partial charge in [0.15, 0.2) is 0 Å². The predicted octanol–water partition coefficient (Wildman–Crippen LogP) is 10.3. The molecule has 246 valence electrons. The van der Waals surface area contributed by atoms with E-state index in [9.17, 15) is 5.11 Å². The first-order valence-corrected chi connectivity index (χ1v) is 16.2. The molecule has 2 aromatic heterocycles. The van der Waals surface area contributed by atoms with Crippen molar-refractivity contribution in [1.82, 2.24) is 19.6 Å². The molecular weight excluding hydrogens is 772 g/mol. The van der Waals surface area contributed by atoms with E-state index in [4.69, 9.17) is 10.2 Å². The normalized spacial score (nSPS) is 12.1. The molecular formula is C42H41N4OPt-. The number of benzene rings is 5. The Labute approximate surface area is 297 Å². The number of phenolic OH excluding ortho intramolecular Hbond substituents is 1. The zero-order chi connectivity index (χ0) is 33.2. The second kappa shape index (κ2) is 12.2. The molecule has 0 atom stereocenters. The number of aromatic nitrogens is 4. The van der Waals surface area contributed by atoms with E-state index in [1.54, 1.807) is 0 Å². The number of hydrogen-bond donors (Lipinski definition) is 1. The van der Waals surface area contributed by atoms with Gasteiger partial charge in [-0.05, 0) is 46.7 Å². The van der Waals surface area contributed by atoms with Crippen LogP contribution >= 0.6 is 0 Å². The molecule has 0 unspecified atom stereocenters. The summed E-state index contributed by atoms with van der Waals surface area (Å²) in [6.07, 6.45) is 0. The van der Waals surface area contributed by atoms with Crippen molar-refractivity contribution in [3.63, 3.8) is 0 Å². The van der Waals surface area contributed by atoms with Crippen LogP contribution in [0.4, 0.5) is 0 Å². The van der Waals surface area contributed by atoms with Gasteiger partial charge >= 0.3 is 0 Å². The van der Waals surface area contributed by atoms with Crippen LogP contribution in [0.25, 0.3) is 61.0 Å². The van der Waals surface area contributed by atoms with Gasteiger partial charge in [-0.15, -0.1) is 23.8 Å². The monoisotopic (exact) mass is 812 g/mol. The summed E-state index contributed by atoms with van der Waals surface area (Å²) in [7, 11) is 1.99. The molecule has 1 N–H and O–H groups in total. The van der Waals surface area contributed by atoms with Gasteiger partial charge in [0.2, 0.25) is 0 Å². The van der Waals surface area contributed by atoms with Gasteiger partial charge in [-0.2, -0.15) is 10.2 Å². The maximum Gasteiger partial charge on any atom is 0.128 e. The summed E-state index contributed by atoms with van der Waals surface area (Å²) in [5.41, 5.74) is 11.2. The molecule has 7 aromatic rings. The molecule has 0 aliphatic rings. The first kappa shape index (κ1) is 33.4. The predicted molar refractivity (Wildman–Crippen MR) is 194 cm³/mol. The maximum absolute atomic E-state index is 11.9. The van der Waals surface area contributed by atoms with E-state index < -0.39 is 0 Å². The summed E-state index contributed by atoms with van der Waals surface area (Å²) in [4.78, 5) is 0. The molecule has 6 heteroatoms. The summed E-state index contributed by atoms with van der Waals surface area (Å²) in [6.45, 7) is 15.2. The van der Waals surface area contributed by atoms with Crippen molar-refractivity contribution < 1.29 is 26.2 Å². The standard InChI is InChI=1S/C42H41N4O.Pt/c1-26-32-18-14-19-33(38(32)43-45(26)8)29-21-28(27-15-10-9-11-16-27)22-31(23-29)46-37-20-13-12-17-34(37)39(44-46)35-24-30(41(2,3)4)25-36(40(35)47)42(5,6)7;/h9-22,24-25,47H,1-8H3;/q-1;. The van der Waals surface area contributed by atoms with Crippen LogP contribution in [-0.4, -0.2) is 24.7 Å². The summed E-state index contributed by atoms with van der Waals surface area (Å²) < 4.78 is 3.91. The molecule has 0 amide bonds. The molecule has 0 spiro atoms. The van der Waals surface area contributed by atoms with Gasteiger partial charge in [0.05, 0.1) is 11.0 Å². The number of para-hydroxylation sites is 1. The Morgan fingerprint density at radius 2 is 1.38 bits per heavy atom. The van der Waals surface area contributed by atoms with E-state index in [-0.39, 0.29) is 37.6 Å². The van der Waals surface area contributed by atoms with Crippen molar-refractivity contribution in [1.29, 1.82) is 0 Å². The average Bonchev–Trinajstić information content (AvgIpc) is 3.57. The first-order valence-electron chi connectivity index (χ1n) is 16.2. The van der Waals surface area contributed by atoms with Crippen LogP contribution in [0.2, 0.25) is 0 Å². The molecule has 7 rings (SSSR count). The minimum absolute atomic E-state index is 0. The van der Waals surface area contributed by atoms with Crippen molar-refractivity contribution in [3.05, 3.63) is 120 Å². The second-order valence-electron chi connectivity index (χ2n) is 14.6. The zero-order valence-electron chi connectivity index (χ0n) is 28.8. The Hall–Kier alpha value is -4.47. The number of aromatic hydroxyl groups is 1. The van der Waals surface area contributed by atoms with Gasteiger partial charge < -0.3 is 5.11 Å². The number of aryl methyl sites for hydroxylation is 2. The van der Waals surface area contributed by atoms with Crippen LogP contribution in [-0.2, 0) is 38.9 Å². The molecule has 0 radical (unpaired) electrons. The quantitative estimate of drug-likeness (QED) is 0.180. The van der Waals surface area contributed by atoms with Crippen molar-refractivity contribution in [3.8, 4) is 44.9 Å². The van der Waals surface area contributed by atoms with E-state index in [0.717, 1.165) is 77.8 Å². The summed E-state index contributed by atoms with van der Waals surface area (Å²) in [6, 6.07) is 37.4. The van der Waals surface area contributed by atoms with Crippen molar-refractivity contribution in [2.45, 2.75) is 59.3 Å². The van der Waals surface area contributed by atoms with Crippen LogP contribution in [0.15, 0.2) is 97.1 Å². The Morgan fingerprint density at radius 3 is 2.08 bits per heavy atom. The molecule has 0 bridgehead atoms. The van der Waals surface area contributed by atoms with Crippen molar-refractivity contribution in [2.75, 3.05) is 0 Å². The Bertz CT molecular complexity index is 2300. The Morgan fingerprint density at radius 1 is 0.688 bits per heavy atom. The minimum Gasteiger partial charge on any atom is -0.507 e. The maximum atomic E-state index is 11.9. The third-order valence-corrected chi connectivity index (χ3v) is 9.27. The summed E-state index contributed by atoms with van der Waals surface area (Å²) in [5, 5.41) is 24.1. The molecule has 0 aliphatic carbocycles. The third-order valence-electron chi connectivity index (χ3n) is 9.27. The Kier molecular flexibility index (Phi) is 8.50. The molecule has 0 saturated carbocycles. The topological polar surface area (TPSA) is 55.9 Å². The third kappa shape index (κ3) is 5.79. The number of phenols is 1. The molecule has 48 heavy (non-hydrogen) atoms. The zero-order valence-corrected chi connectivity index (χ0v) is 31.1. The molecule has 5 aromatic carbocycles. The van der Waals surface area contributed by atoms with Crippen molar-refractivity contribution in [2.24, 2.45) is 7.05 Å². The first-order chi connectivity index (χ1) is 22.3. The van der Waals surface area contributed by atoms with Gasteiger partial charge in [-0.3, -0.25) is 9.36 Å². The van der Waals surface area contributed by atoms with Crippen LogP contribution in [0.5, 0.6) is 5.75 Å². The van der Waals surface area contributed by atoms with Gasteiger partial charge in [0, 0.05) is 55.7 Å². The fraction of sp³-hybridized carbons (Fsp3) is 0.238. The van der Waals surface area contributed by atoms with E-state index in [1.807, 2.05) is 34.6 Å². The number of hydrogen-bond acceptors (Lipinski definition) is 3. The largest absolute Gasteiger partial charge is 0.507 e. The second-order valence-corrected chi connectivity index (χ2v) is 14.6. The Balaban J connectivity index is 0.00000401. The summed E-state index contributed by atoms with van der Waals surface area (Å²) in [5.74, 6) is 0.279. The molecule has 0 aliphatic heterocycles. The van der Waals surface area contributed by atoms with Crippen LogP contribution in [0.3, 0.4) is 0 Å². The van der Waals surface area contributed by atoms with E-state index in [1.165, 1.54) is 0 Å². The summed E-state index contributed by atoms with van der Waals surface area (Å²) >= 11 is 0. The SMILES string of the molecule is Cc1c2cccc(-c3[c-]c(-n4nc(-c5cc(C(C)(C)C)cc(C(C)(C)C)c5O)c5ccccc54)cc(-c4ccccc4)c3)c2nn1C.[Pt]. The number of fused-ring (bicyclic) bond motifs is 2. The van der Waals surface area contributed by atoms with Crippen LogP contribution in [0.1, 0.15) is 58.4 Å².